The summed E-state index contributed by atoms with van der Waals surface area (Å²) >= 11 is 0. The van der Waals surface area contributed by atoms with E-state index in [1.54, 1.807) is 36.4 Å². The van der Waals surface area contributed by atoms with E-state index in [1.807, 2.05) is 54.6 Å². The van der Waals surface area contributed by atoms with Crippen LogP contribution in [0, 0.1) is 0 Å². The molecule has 15 heteroatoms. The molecule has 6 N–H and O–H groups in total. The topological polar surface area (TPSA) is 234 Å². The number of carboxylic acid groups (broad SMARTS) is 6. The van der Waals surface area contributed by atoms with Crippen molar-refractivity contribution in [2.75, 3.05) is 39.3 Å². The molecule has 0 aliphatic rings. The molecule has 15 nitrogen and oxygen atoms in total. The number of aliphatic carboxylic acids is 6. The number of benzene rings is 4. The van der Waals surface area contributed by atoms with Crippen molar-refractivity contribution in [1.82, 2.24) is 14.7 Å². The maximum atomic E-state index is 11.3. The molecular formula is C39H39N3O12. The summed E-state index contributed by atoms with van der Waals surface area (Å²) in [5.41, 5.74) is 7.03. The molecule has 0 amide bonds. The number of hydrogen-bond acceptors (Lipinski definition) is 9. The smallest absolute Gasteiger partial charge is 0.317 e. The fourth-order valence-corrected chi connectivity index (χ4v) is 5.96. The third-order valence-corrected chi connectivity index (χ3v) is 8.17. The van der Waals surface area contributed by atoms with Gasteiger partial charge in [0.15, 0.2) is 0 Å². The van der Waals surface area contributed by atoms with Gasteiger partial charge in [0.2, 0.25) is 0 Å². The molecule has 0 saturated carbocycles. The van der Waals surface area contributed by atoms with Crippen LogP contribution >= 0.6 is 0 Å². The van der Waals surface area contributed by atoms with Crippen LogP contribution in [0.3, 0.4) is 0 Å². The molecule has 0 radical (unpaired) electrons. The highest BCUT2D eigenvalue weighted by Crippen LogP contribution is 2.34. The summed E-state index contributed by atoms with van der Waals surface area (Å²) in [5, 5.41) is 55.3. The lowest BCUT2D eigenvalue weighted by Crippen LogP contribution is -2.33. The molecule has 0 aliphatic heterocycles. The van der Waals surface area contributed by atoms with Gasteiger partial charge in [-0.05, 0) is 68.3 Å². The van der Waals surface area contributed by atoms with Crippen LogP contribution in [0.1, 0.15) is 16.7 Å². The Labute approximate surface area is 309 Å². The molecule has 0 aromatic heterocycles. The third-order valence-electron chi connectivity index (χ3n) is 8.17. The Balaban J connectivity index is 1.69. The number of rotatable bonds is 21. The van der Waals surface area contributed by atoms with Gasteiger partial charge in [-0.2, -0.15) is 0 Å². The summed E-state index contributed by atoms with van der Waals surface area (Å²) in [4.78, 5) is 71.6. The van der Waals surface area contributed by atoms with Crippen molar-refractivity contribution in [3.8, 4) is 33.4 Å². The zero-order valence-corrected chi connectivity index (χ0v) is 29.0. The zero-order valence-electron chi connectivity index (χ0n) is 29.0. The normalized spacial score (nSPS) is 11.2. The third kappa shape index (κ3) is 13.0. The minimum absolute atomic E-state index is 0.107. The monoisotopic (exact) mass is 741 g/mol. The van der Waals surface area contributed by atoms with E-state index in [9.17, 15) is 59.4 Å². The lowest BCUT2D eigenvalue weighted by Gasteiger charge is -2.19. The molecule has 0 fully saturated rings. The summed E-state index contributed by atoms with van der Waals surface area (Å²) in [6.45, 7) is -2.31. The van der Waals surface area contributed by atoms with Gasteiger partial charge in [-0.15, -0.1) is 0 Å². The van der Waals surface area contributed by atoms with Gasteiger partial charge in [-0.3, -0.25) is 43.5 Å². The van der Waals surface area contributed by atoms with Crippen LogP contribution < -0.4 is 0 Å². The van der Waals surface area contributed by atoms with E-state index in [0.29, 0.717) is 16.7 Å². The van der Waals surface area contributed by atoms with Crippen molar-refractivity contribution >= 4 is 35.8 Å². The van der Waals surface area contributed by atoms with Crippen molar-refractivity contribution in [2.24, 2.45) is 0 Å². The highest BCUT2D eigenvalue weighted by atomic mass is 16.4. The summed E-state index contributed by atoms with van der Waals surface area (Å²) < 4.78 is 0. The Morgan fingerprint density at radius 1 is 0.315 bits per heavy atom. The molecule has 0 atom stereocenters. The Morgan fingerprint density at radius 3 is 0.667 bits per heavy atom. The van der Waals surface area contributed by atoms with Gasteiger partial charge in [-0.1, -0.05) is 72.8 Å². The number of carbonyl (C=O) groups is 6. The maximum Gasteiger partial charge on any atom is 0.317 e. The van der Waals surface area contributed by atoms with Gasteiger partial charge >= 0.3 is 35.8 Å². The molecule has 0 bridgehead atoms. The fraction of sp³-hybridized carbons (Fsp3) is 0.231. The second-order valence-corrected chi connectivity index (χ2v) is 12.7. The quantitative estimate of drug-likeness (QED) is 0.0716. The number of hydrogen-bond donors (Lipinski definition) is 6. The van der Waals surface area contributed by atoms with Crippen molar-refractivity contribution in [2.45, 2.75) is 19.6 Å². The molecule has 282 valence electrons. The highest BCUT2D eigenvalue weighted by molar-refractivity contribution is 5.81. The molecule has 4 rings (SSSR count). The average Bonchev–Trinajstić information content (AvgIpc) is 3.07. The minimum atomic E-state index is -1.14. The van der Waals surface area contributed by atoms with Crippen LogP contribution in [0.2, 0.25) is 0 Å². The van der Waals surface area contributed by atoms with Crippen LogP contribution in [0.5, 0.6) is 0 Å². The lowest BCUT2D eigenvalue weighted by atomic mass is 9.92. The predicted molar refractivity (Wildman–Crippen MR) is 194 cm³/mol. The van der Waals surface area contributed by atoms with Crippen LogP contribution in [-0.2, 0) is 48.4 Å². The first kappa shape index (κ1) is 40.4. The molecule has 0 aliphatic carbocycles. The molecular weight excluding hydrogens is 702 g/mol. The van der Waals surface area contributed by atoms with E-state index in [1.165, 1.54) is 14.7 Å². The average molecular weight is 742 g/mol. The number of carboxylic acids is 6. The Kier molecular flexibility index (Phi) is 14.1. The molecule has 0 saturated heterocycles. The SMILES string of the molecule is O=C(O)CN(CC(=O)O)Cc1ccc(-c2cc(-c3ccc(CN(CC(=O)O)CC(=O)O)cc3)cc(-c3ccc(CN(CC(=O)O)CC(=O)O)cc3)c2)cc1. The number of nitrogens with zero attached hydrogens (tertiary/aromatic N) is 3. The summed E-state index contributed by atoms with van der Waals surface area (Å²) in [6.07, 6.45) is 0. The molecule has 0 heterocycles. The first-order chi connectivity index (χ1) is 25.6. The van der Waals surface area contributed by atoms with Crippen molar-refractivity contribution in [3.63, 3.8) is 0 Å². The van der Waals surface area contributed by atoms with Gasteiger partial charge in [-0.25, -0.2) is 0 Å². The van der Waals surface area contributed by atoms with Crippen LogP contribution in [0.25, 0.3) is 33.4 Å². The van der Waals surface area contributed by atoms with Crippen LogP contribution in [-0.4, -0.2) is 120 Å². The van der Waals surface area contributed by atoms with E-state index in [0.717, 1.165) is 33.4 Å². The van der Waals surface area contributed by atoms with E-state index >= 15 is 0 Å². The first-order valence-corrected chi connectivity index (χ1v) is 16.5. The Bertz CT molecular complexity index is 1690. The van der Waals surface area contributed by atoms with Crippen molar-refractivity contribution < 1.29 is 59.4 Å². The van der Waals surface area contributed by atoms with Gasteiger partial charge in [0, 0.05) is 19.6 Å². The minimum Gasteiger partial charge on any atom is -0.480 e. The van der Waals surface area contributed by atoms with E-state index in [4.69, 9.17) is 0 Å². The highest BCUT2D eigenvalue weighted by Gasteiger charge is 2.17. The van der Waals surface area contributed by atoms with Crippen LogP contribution in [0.15, 0.2) is 91.0 Å². The van der Waals surface area contributed by atoms with E-state index < -0.39 is 75.1 Å². The molecule has 4 aromatic carbocycles. The summed E-state index contributed by atoms with van der Waals surface area (Å²) in [7, 11) is 0. The summed E-state index contributed by atoms with van der Waals surface area (Å²) in [6, 6.07) is 27.8. The molecule has 0 unspecified atom stereocenters. The summed E-state index contributed by atoms with van der Waals surface area (Å²) in [5.74, 6) is -6.87. The maximum absolute atomic E-state index is 11.3. The Hall–Kier alpha value is -6.42. The van der Waals surface area contributed by atoms with Gasteiger partial charge < -0.3 is 30.6 Å². The predicted octanol–water partition coefficient (Wildman–Crippen LogP) is 3.60. The van der Waals surface area contributed by atoms with E-state index in [-0.39, 0.29) is 19.6 Å². The lowest BCUT2D eigenvalue weighted by molar-refractivity contribution is -0.144. The van der Waals surface area contributed by atoms with E-state index in [2.05, 4.69) is 0 Å². The largest absolute Gasteiger partial charge is 0.480 e. The Morgan fingerprint density at radius 2 is 0.500 bits per heavy atom. The zero-order chi connectivity index (χ0) is 39.4. The standard InChI is InChI=1S/C39H39N3O12/c43-34(44)19-40(20-35(45)46)16-25-1-7-28(8-2-25)31-13-32(29-9-3-26(4-10-29)17-41(21-36(47)48)22-37(49)50)15-33(14-31)30-11-5-27(6-12-30)18-42(23-38(51)52)24-39(53)54/h1-15H,16-24H2,(H,43,44)(H,45,46)(H,47,48)(H,49,50)(H,51,52)(H,53,54). The van der Waals surface area contributed by atoms with Crippen LogP contribution in [0.4, 0.5) is 0 Å². The van der Waals surface area contributed by atoms with Gasteiger partial charge in [0.25, 0.3) is 0 Å². The second-order valence-electron chi connectivity index (χ2n) is 12.7. The van der Waals surface area contributed by atoms with Crippen molar-refractivity contribution in [1.29, 1.82) is 0 Å². The van der Waals surface area contributed by atoms with Gasteiger partial charge in [0.05, 0.1) is 39.3 Å². The molecule has 0 spiro atoms. The molecule has 4 aromatic rings. The molecule has 54 heavy (non-hydrogen) atoms. The van der Waals surface area contributed by atoms with Gasteiger partial charge in [0.1, 0.15) is 0 Å². The fourth-order valence-electron chi connectivity index (χ4n) is 5.96. The second kappa shape index (κ2) is 18.9. The first-order valence-electron chi connectivity index (χ1n) is 16.5. The van der Waals surface area contributed by atoms with Crippen molar-refractivity contribution in [3.05, 3.63) is 108 Å².